The molecule has 13 heteroatoms. The minimum atomic E-state index is -1.27. The van der Waals surface area contributed by atoms with E-state index in [0.29, 0.717) is 5.69 Å². The van der Waals surface area contributed by atoms with E-state index in [-0.39, 0.29) is 36.0 Å². The van der Waals surface area contributed by atoms with Gasteiger partial charge in [-0.1, -0.05) is 0 Å². The van der Waals surface area contributed by atoms with Gasteiger partial charge >= 0.3 is 11.9 Å². The standard InChI is InChI=1S/C18H24N4O8S/c19-12(18(29)30)5-6-14(24)22-13(17(28)20-7-16(26)27)8-31-9-15(25)21-10-1-3-11(23)4-2-10/h1-4,12-13,23H,5-9,19H2,(H,20,28)(H,21,25)(H,22,24)(H,26,27)(H,29,30). The number of aromatic hydroxyl groups is 1. The second-order valence-corrected chi connectivity index (χ2v) is 7.36. The number of carboxylic acids is 2. The molecular weight excluding hydrogens is 432 g/mol. The Kier molecular flexibility index (Phi) is 10.8. The Balaban J connectivity index is 2.58. The molecule has 1 aromatic carbocycles. The maximum atomic E-state index is 12.2. The fourth-order valence-corrected chi connectivity index (χ4v) is 3.00. The number of carbonyl (C=O) groups excluding carboxylic acids is 3. The van der Waals surface area contributed by atoms with Gasteiger partial charge in [-0.25, -0.2) is 0 Å². The van der Waals surface area contributed by atoms with Gasteiger partial charge in [0.15, 0.2) is 0 Å². The van der Waals surface area contributed by atoms with Gasteiger partial charge in [0.05, 0.1) is 5.75 Å². The SMILES string of the molecule is NC(CCC(=O)NC(CSCC(=O)Nc1ccc(O)cc1)C(=O)NCC(=O)O)C(=O)O. The van der Waals surface area contributed by atoms with Crippen LogP contribution in [0.5, 0.6) is 5.75 Å². The Morgan fingerprint density at radius 3 is 2.26 bits per heavy atom. The van der Waals surface area contributed by atoms with Crippen LogP contribution in [0.3, 0.4) is 0 Å². The predicted octanol–water partition coefficient (Wildman–Crippen LogP) is -1.06. The first-order valence-corrected chi connectivity index (χ1v) is 10.2. The second kappa shape index (κ2) is 13.1. The number of hydrogen-bond donors (Lipinski definition) is 7. The lowest BCUT2D eigenvalue weighted by molar-refractivity contribution is -0.139. The number of carbonyl (C=O) groups is 5. The lowest BCUT2D eigenvalue weighted by atomic mass is 10.1. The molecular formula is C18H24N4O8S. The predicted molar refractivity (Wildman–Crippen MR) is 111 cm³/mol. The fourth-order valence-electron chi connectivity index (χ4n) is 2.16. The lowest BCUT2D eigenvalue weighted by Gasteiger charge is -2.18. The fraction of sp³-hybridized carbons (Fsp3) is 0.389. The summed E-state index contributed by atoms with van der Waals surface area (Å²) in [4.78, 5) is 57.6. The van der Waals surface area contributed by atoms with Crippen molar-refractivity contribution in [3.8, 4) is 5.75 Å². The zero-order chi connectivity index (χ0) is 23.4. The molecule has 170 valence electrons. The van der Waals surface area contributed by atoms with Crippen LogP contribution >= 0.6 is 11.8 Å². The molecule has 12 nitrogen and oxygen atoms in total. The van der Waals surface area contributed by atoms with Crippen LogP contribution in [0.1, 0.15) is 12.8 Å². The highest BCUT2D eigenvalue weighted by Crippen LogP contribution is 2.14. The van der Waals surface area contributed by atoms with Gasteiger partial charge in [0.1, 0.15) is 24.4 Å². The van der Waals surface area contributed by atoms with Gasteiger partial charge < -0.3 is 37.0 Å². The normalized spacial score (nSPS) is 12.3. The number of benzene rings is 1. The van der Waals surface area contributed by atoms with Crippen molar-refractivity contribution >= 4 is 47.1 Å². The first-order chi connectivity index (χ1) is 14.6. The van der Waals surface area contributed by atoms with Gasteiger partial charge in [-0.05, 0) is 30.7 Å². The van der Waals surface area contributed by atoms with Crippen LogP contribution in [0.15, 0.2) is 24.3 Å². The average molecular weight is 456 g/mol. The monoisotopic (exact) mass is 456 g/mol. The first kappa shape index (κ1) is 25.7. The van der Waals surface area contributed by atoms with Crippen LogP contribution in [0.4, 0.5) is 5.69 Å². The molecule has 0 aliphatic carbocycles. The quantitative estimate of drug-likeness (QED) is 0.179. The molecule has 0 aliphatic heterocycles. The van der Waals surface area contributed by atoms with Crippen LogP contribution in [-0.2, 0) is 24.0 Å². The molecule has 0 aliphatic rings. The number of rotatable bonds is 13. The molecule has 0 bridgehead atoms. The van der Waals surface area contributed by atoms with Crippen molar-refractivity contribution in [2.24, 2.45) is 5.73 Å². The molecule has 0 saturated carbocycles. The van der Waals surface area contributed by atoms with Crippen molar-refractivity contribution in [3.05, 3.63) is 24.3 Å². The van der Waals surface area contributed by atoms with Crippen molar-refractivity contribution in [1.29, 1.82) is 0 Å². The van der Waals surface area contributed by atoms with Gasteiger partial charge in [0.25, 0.3) is 0 Å². The third-order valence-corrected chi connectivity index (χ3v) is 4.77. The number of phenols is 1. The average Bonchev–Trinajstić information content (AvgIpc) is 2.71. The molecule has 0 aromatic heterocycles. The highest BCUT2D eigenvalue weighted by molar-refractivity contribution is 8.00. The van der Waals surface area contributed by atoms with E-state index in [9.17, 15) is 29.1 Å². The summed E-state index contributed by atoms with van der Waals surface area (Å²) >= 11 is 1.02. The zero-order valence-electron chi connectivity index (χ0n) is 16.4. The van der Waals surface area contributed by atoms with Crippen molar-refractivity contribution in [2.75, 3.05) is 23.4 Å². The number of nitrogens with one attached hydrogen (secondary N) is 3. The molecule has 0 heterocycles. The summed E-state index contributed by atoms with van der Waals surface area (Å²) in [5.41, 5.74) is 5.80. The molecule has 2 atom stereocenters. The summed E-state index contributed by atoms with van der Waals surface area (Å²) < 4.78 is 0. The Morgan fingerprint density at radius 1 is 1.03 bits per heavy atom. The highest BCUT2D eigenvalue weighted by Gasteiger charge is 2.22. The van der Waals surface area contributed by atoms with E-state index >= 15 is 0 Å². The molecule has 2 unspecified atom stereocenters. The number of thioether (sulfide) groups is 1. The minimum absolute atomic E-state index is 0.0365. The van der Waals surface area contributed by atoms with Crippen LogP contribution in [0, 0.1) is 0 Å². The molecule has 8 N–H and O–H groups in total. The third-order valence-electron chi connectivity index (χ3n) is 3.73. The molecule has 0 spiro atoms. The van der Waals surface area contributed by atoms with E-state index in [4.69, 9.17) is 15.9 Å². The van der Waals surface area contributed by atoms with Crippen LogP contribution in [0.25, 0.3) is 0 Å². The lowest BCUT2D eigenvalue weighted by Crippen LogP contribution is -2.49. The summed E-state index contributed by atoms with van der Waals surface area (Å²) in [6.45, 7) is -0.652. The summed E-state index contributed by atoms with van der Waals surface area (Å²) in [5.74, 6) is -4.38. The number of phenolic OH excluding ortho intramolecular Hbond substituents is 1. The Bertz CT molecular complexity index is 802. The van der Waals surface area contributed by atoms with Gasteiger partial charge in [-0.2, -0.15) is 0 Å². The first-order valence-electron chi connectivity index (χ1n) is 9.02. The number of aliphatic carboxylic acids is 2. The zero-order valence-corrected chi connectivity index (χ0v) is 17.2. The van der Waals surface area contributed by atoms with Gasteiger partial charge in [-0.15, -0.1) is 11.8 Å². The molecule has 3 amide bonds. The largest absolute Gasteiger partial charge is 0.508 e. The van der Waals surface area contributed by atoms with Crippen LogP contribution in [-0.4, -0.2) is 75.1 Å². The van der Waals surface area contributed by atoms with E-state index in [1.807, 2.05) is 0 Å². The molecule has 0 radical (unpaired) electrons. The smallest absolute Gasteiger partial charge is 0.322 e. The number of hydrogen-bond acceptors (Lipinski definition) is 8. The molecule has 1 aromatic rings. The molecule has 31 heavy (non-hydrogen) atoms. The van der Waals surface area contributed by atoms with Crippen LogP contribution in [0.2, 0.25) is 0 Å². The number of nitrogens with two attached hydrogens (primary N) is 1. The Hall–Kier alpha value is -3.32. The summed E-state index contributed by atoms with van der Waals surface area (Å²) in [6.07, 6.45) is -0.394. The third kappa shape index (κ3) is 10.9. The number of amides is 3. The van der Waals surface area contributed by atoms with Gasteiger partial charge in [-0.3, -0.25) is 24.0 Å². The van der Waals surface area contributed by atoms with E-state index < -0.39 is 42.4 Å². The van der Waals surface area contributed by atoms with Crippen LogP contribution < -0.4 is 21.7 Å². The van der Waals surface area contributed by atoms with Crippen molar-refractivity contribution < 1.29 is 39.3 Å². The second-order valence-electron chi connectivity index (χ2n) is 6.33. The van der Waals surface area contributed by atoms with Gasteiger partial charge in [0, 0.05) is 17.9 Å². The topological polar surface area (TPSA) is 208 Å². The highest BCUT2D eigenvalue weighted by atomic mass is 32.2. The van der Waals surface area contributed by atoms with Crippen molar-refractivity contribution in [3.63, 3.8) is 0 Å². The number of carboxylic acid groups (broad SMARTS) is 2. The van der Waals surface area contributed by atoms with Gasteiger partial charge in [0.2, 0.25) is 17.7 Å². The Labute approximate surface area is 181 Å². The maximum Gasteiger partial charge on any atom is 0.322 e. The maximum absolute atomic E-state index is 12.2. The van der Waals surface area contributed by atoms with E-state index in [1.165, 1.54) is 24.3 Å². The van der Waals surface area contributed by atoms with Crippen molar-refractivity contribution in [1.82, 2.24) is 10.6 Å². The summed E-state index contributed by atoms with van der Waals surface area (Å²) in [5, 5.41) is 33.8. The summed E-state index contributed by atoms with van der Waals surface area (Å²) in [6, 6.07) is 3.43. The van der Waals surface area contributed by atoms with E-state index in [1.54, 1.807) is 0 Å². The summed E-state index contributed by atoms with van der Waals surface area (Å²) in [7, 11) is 0. The van der Waals surface area contributed by atoms with E-state index in [2.05, 4.69) is 16.0 Å². The molecule has 0 saturated heterocycles. The molecule has 1 rings (SSSR count). The minimum Gasteiger partial charge on any atom is -0.508 e. The number of anilines is 1. The molecule has 0 fully saturated rings. The van der Waals surface area contributed by atoms with Crippen molar-refractivity contribution in [2.45, 2.75) is 24.9 Å². The van der Waals surface area contributed by atoms with E-state index in [0.717, 1.165) is 11.8 Å². The Morgan fingerprint density at radius 2 is 1.68 bits per heavy atom.